The Hall–Kier alpha value is -0.970. The first-order valence-electron chi connectivity index (χ1n) is 5.23. The smallest absolute Gasteiger partial charge is 0.141 e. The predicted octanol–water partition coefficient (Wildman–Crippen LogP) is 3.79. The topological polar surface area (TPSA) is 24.9 Å². The summed E-state index contributed by atoms with van der Waals surface area (Å²) in [6.07, 6.45) is 2.86. The van der Waals surface area contributed by atoms with Crippen molar-refractivity contribution < 1.29 is 4.39 Å². The van der Waals surface area contributed by atoms with Crippen molar-refractivity contribution in [3.63, 3.8) is 0 Å². The Bertz CT molecular complexity index is 501. The number of thiophene rings is 1. The molecule has 0 spiro atoms. The highest BCUT2D eigenvalue weighted by Gasteiger charge is 2.07. The molecule has 2 nitrogen and oxygen atoms in total. The molecular weight excluding hydrogens is 259 g/mol. The van der Waals surface area contributed by atoms with Crippen molar-refractivity contribution in [1.29, 1.82) is 0 Å². The van der Waals surface area contributed by atoms with Gasteiger partial charge in [-0.05, 0) is 30.7 Å². The molecule has 1 unspecified atom stereocenters. The van der Waals surface area contributed by atoms with Crippen LogP contribution in [0.4, 0.5) is 4.39 Å². The molecular formula is C12H12ClFN2S. The van der Waals surface area contributed by atoms with Gasteiger partial charge >= 0.3 is 0 Å². The Morgan fingerprint density at radius 2 is 2.29 bits per heavy atom. The van der Waals surface area contributed by atoms with E-state index in [1.165, 1.54) is 17.1 Å². The lowest BCUT2D eigenvalue weighted by Gasteiger charge is -2.11. The highest BCUT2D eigenvalue weighted by molar-refractivity contribution is 7.16. The Morgan fingerprint density at radius 1 is 1.47 bits per heavy atom. The van der Waals surface area contributed by atoms with Gasteiger partial charge in [-0.1, -0.05) is 11.6 Å². The SMILES string of the molecule is CC(NCc1cncc(F)c1)c1ccc(Cl)s1. The Morgan fingerprint density at radius 3 is 2.94 bits per heavy atom. The molecule has 90 valence electrons. The molecule has 5 heteroatoms. The quantitative estimate of drug-likeness (QED) is 0.914. The van der Waals surface area contributed by atoms with Gasteiger partial charge in [-0.3, -0.25) is 4.98 Å². The second kappa shape index (κ2) is 5.58. The van der Waals surface area contributed by atoms with E-state index in [1.807, 2.05) is 12.1 Å². The zero-order valence-electron chi connectivity index (χ0n) is 9.28. The molecule has 0 aliphatic rings. The highest BCUT2D eigenvalue weighted by atomic mass is 35.5. The van der Waals surface area contributed by atoms with Crippen LogP contribution in [0.15, 0.2) is 30.6 Å². The van der Waals surface area contributed by atoms with Crippen LogP contribution in [-0.4, -0.2) is 4.98 Å². The van der Waals surface area contributed by atoms with Gasteiger partial charge in [-0.25, -0.2) is 4.39 Å². The second-order valence-corrected chi connectivity index (χ2v) is 5.50. The molecule has 2 aromatic rings. The molecule has 0 radical (unpaired) electrons. The minimum atomic E-state index is -0.309. The van der Waals surface area contributed by atoms with Crippen molar-refractivity contribution in [2.24, 2.45) is 0 Å². The maximum Gasteiger partial charge on any atom is 0.141 e. The molecule has 1 N–H and O–H groups in total. The number of aromatic nitrogens is 1. The number of nitrogens with one attached hydrogen (secondary N) is 1. The van der Waals surface area contributed by atoms with Crippen LogP contribution in [0.2, 0.25) is 4.34 Å². The van der Waals surface area contributed by atoms with Gasteiger partial charge in [0.25, 0.3) is 0 Å². The van der Waals surface area contributed by atoms with Gasteiger partial charge in [0.2, 0.25) is 0 Å². The summed E-state index contributed by atoms with van der Waals surface area (Å²) < 4.78 is 13.7. The monoisotopic (exact) mass is 270 g/mol. The Kier molecular flexibility index (Phi) is 4.10. The first kappa shape index (κ1) is 12.5. The lowest BCUT2D eigenvalue weighted by Crippen LogP contribution is -2.17. The average molecular weight is 271 g/mol. The van der Waals surface area contributed by atoms with Crippen molar-refractivity contribution in [3.05, 3.63) is 51.2 Å². The van der Waals surface area contributed by atoms with E-state index in [-0.39, 0.29) is 11.9 Å². The number of pyridine rings is 1. The molecule has 1 atom stereocenters. The zero-order chi connectivity index (χ0) is 12.3. The number of nitrogens with zero attached hydrogens (tertiary/aromatic N) is 1. The Labute approximate surface area is 108 Å². The van der Waals surface area contributed by atoms with E-state index >= 15 is 0 Å². The van der Waals surface area contributed by atoms with E-state index in [0.29, 0.717) is 6.54 Å². The summed E-state index contributed by atoms with van der Waals surface area (Å²) in [5.74, 6) is -0.309. The van der Waals surface area contributed by atoms with Crippen molar-refractivity contribution in [2.75, 3.05) is 0 Å². The molecule has 2 heterocycles. The van der Waals surface area contributed by atoms with Crippen molar-refractivity contribution >= 4 is 22.9 Å². The van der Waals surface area contributed by atoms with Gasteiger partial charge in [0, 0.05) is 23.7 Å². The van der Waals surface area contributed by atoms with Gasteiger partial charge in [-0.15, -0.1) is 11.3 Å². The van der Waals surface area contributed by atoms with Crippen LogP contribution in [0.5, 0.6) is 0 Å². The lowest BCUT2D eigenvalue weighted by atomic mass is 10.2. The standard InChI is InChI=1S/C12H12ClFN2S/c1-8(11-2-3-12(13)17-11)16-6-9-4-10(14)7-15-5-9/h2-5,7-8,16H,6H2,1H3. The van der Waals surface area contributed by atoms with Crippen molar-refractivity contribution in [2.45, 2.75) is 19.5 Å². The summed E-state index contributed by atoms with van der Waals surface area (Å²) in [6, 6.07) is 5.54. The van der Waals surface area contributed by atoms with Crippen molar-refractivity contribution in [1.82, 2.24) is 10.3 Å². The van der Waals surface area contributed by atoms with Gasteiger partial charge in [-0.2, -0.15) is 0 Å². The highest BCUT2D eigenvalue weighted by Crippen LogP contribution is 2.26. The molecule has 0 saturated heterocycles. The number of rotatable bonds is 4. The minimum Gasteiger partial charge on any atom is -0.305 e. The van der Waals surface area contributed by atoms with Crippen LogP contribution < -0.4 is 5.32 Å². The summed E-state index contributed by atoms with van der Waals surface area (Å²) in [6.45, 7) is 2.64. The normalized spacial score (nSPS) is 12.6. The molecule has 0 saturated carbocycles. The van der Waals surface area contributed by atoms with E-state index in [0.717, 1.165) is 9.90 Å². The molecule has 0 aliphatic heterocycles. The van der Waals surface area contributed by atoms with Gasteiger partial charge < -0.3 is 5.32 Å². The maximum absolute atomic E-state index is 12.9. The maximum atomic E-state index is 12.9. The fraction of sp³-hybridized carbons (Fsp3) is 0.250. The molecule has 0 aliphatic carbocycles. The fourth-order valence-electron chi connectivity index (χ4n) is 1.49. The largest absolute Gasteiger partial charge is 0.305 e. The minimum absolute atomic E-state index is 0.191. The first-order valence-corrected chi connectivity index (χ1v) is 6.42. The van der Waals surface area contributed by atoms with Crippen molar-refractivity contribution in [3.8, 4) is 0 Å². The summed E-state index contributed by atoms with van der Waals surface area (Å²) in [7, 11) is 0. The molecule has 0 amide bonds. The van der Waals surface area contributed by atoms with E-state index < -0.39 is 0 Å². The summed E-state index contributed by atoms with van der Waals surface area (Å²) in [5, 5.41) is 3.30. The molecule has 2 aromatic heterocycles. The fourth-order valence-corrected chi connectivity index (χ4v) is 2.57. The Balaban J connectivity index is 1.94. The summed E-state index contributed by atoms with van der Waals surface area (Å²) in [4.78, 5) is 4.97. The number of halogens is 2. The third-order valence-corrected chi connectivity index (χ3v) is 3.81. The zero-order valence-corrected chi connectivity index (χ0v) is 10.9. The molecule has 17 heavy (non-hydrogen) atoms. The number of hydrogen-bond acceptors (Lipinski definition) is 3. The average Bonchev–Trinajstić information content (AvgIpc) is 2.73. The second-order valence-electron chi connectivity index (χ2n) is 3.76. The summed E-state index contributed by atoms with van der Waals surface area (Å²) in [5.41, 5.74) is 0.833. The van der Waals surface area contributed by atoms with Crippen LogP contribution in [-0.2, 0) is 6.54 Å². The van der Waals surface area contributed by atoms with Gasteiger partial charge in [0.05, 0.1) is 10.5 Å². The molecule has 2 rings (SSSR count). The third-order valence-electron chi connectivity index (χ3n) is 2.39. The molecule has 0 aromatic carbocycles. The van der Waals surface area contributed by atoms with Crippen LogP contribution in [0.1, 0.15) is 23.4 Å². The van der Waals surface area contributed by atoms with E-state index in [9.17, 15) is 4.39 Å². The van der Waals surface area contributed by atoms with E-state index in [1.54, 1.807) is 17.5 Å². The van der Waals surface area contributed by atoms with Crippen LogP contribution >= 0.6 is 22.9 Å². The lowest BCUT2D eigenvalue weighted by molar-refractivity contribution is 0.573. The van der Waals surface area contributed by atoms with Gasteiger partial charge in [0.1, 0.15) is 5.82 Å². The molecule has 0 bridgehead atoms. The van der Waals surface area contributed by atoms with E-state index in [4.69, 9.17) is 11.6 Å². The van der Waals surface area contributed by atoms with Gasteiger partial charge in [0.15, 0.2) is 0 Å². The predicted molar refractivity (Wildman–Crippen MR) is 68.8 cm³/mol. The molecule has 0 fully saturated rings. The summed E-state index contributed by atoms with van der Waals surface area (Å²) >= 11 is 7.42. The third kappa shape index (κ3) is 3.49. The van der Waals surface area contributed by atoms with E-state index in [2.05, 4.69) is 17.2 Å². The number of hydrogen-bond donors (Lipinski definition) is 1. The van der Waals surface area contributed by atoms with Crippen LogP contribution in [0, 0.1) is 5.82 Å². The first-order chi connectivity index (χ1) is 8.15. The van der Waals surface area contributed by atoms with Crippen LogP contribution in [0.25, 0.3) is 0 Å². The van der Waals surface area contributed by atoms with Crippen LogP contribution in [0.3, 0.4) is 0 Å².